The minimum Gasteiger partial charge on any atom is -0.241 e. The molecule has 0 radical (unpaired) electrons. The van der Waals surface area contributed by atoms with Gasteiger partial charge in [0, 0.05) is 18.9 Å². The van der Waals surface area contributed by atoms with Crippen molar-refractivity contribution in [1.29, 1.82) is 0 Å². The SMILES string of the molecule is O=S(=O)(NCc1ccc(-n2cccn2)cc1)c1cccs1. The van der Waals surface area contributed by atoms with Gasteiger partial charge in [0.2, 0.25) is 10.0 Å². The molecule has 0 atom stereocenters. The normalized spacial score (nSPS) is 11.6. The summed E-state index contributed by atoms with van der Waals surface area (Å²) in [5, 5.41) is 5.89. The van der Waals surface area contributed by atoms with Crippen molar-refractivity contribution in [3.8, 4) is 5.69 Å². The molecule has 0 spiro atoms. The fraction of sp³-hybridized carbons (Fsp3) is 0.0714. The van der Waals surface area contributed by atoms with Crippen molar-refractivity contribution in [3.05, 3.63) is 65.8 Å². The molecule has 0 unspecified atom stereocenters. The molecule has 21 heavy (non-hydrogen) atoms. The Morgan fingerprint density at radius 3 is 2.57 bits per heavy atom. The summed E-state index contributed by atoms with van der Waals surface area (Å²) < 4.78 is 28.7. The molecule has 5 nitrogen and oxygen atoms in total. The van der Waals surface area contributed by atoms with Gasteiger partial charge in [-0.05, 0) is 35.2 Å². The Balaban J connectivity index is 1.69. The number of rotatable bonds is 5. The van der Waals surface area contributed by atoms with Crippen molar-refractivity contribution >= 4 is 21.4 Å². The second-order valence-electron chi connectivity index (χ2n) is 4.37. The molecule has 3 aromatic rings. The summed E-state index contributed by atoms with van der Waals surface area (Å²) in [6, 6.07) is 12.7. The molecule has 108 valence electrons. The van der Waals surface area contributed by atoms with Crippen LogP contribution in [0.4, 0.5) is 0 Å². The van der Waals surface area contributed by atoms with E-state index in [1.807, 2.05) is 36.5 Å². The van der Waals surface area contributed by atoms with E-state index in [9.17, 15) is 8.42 Å². The number of hydrogen-bond acceptors (Lipinski definition) is 4. The zero-order valence-electron chi connectivity index (χ0n) is 11.0. The maximum absolute atomic E-state index is 12.0. The lowest BCUT2D eigenvalue weighted by Crippen LogP contribution is -2.22. The first kappa shape index (κ1) is 14.0. The lowest BCUT2D eigenvalue weighted by atomic mass is 10.2. The van der Waals surface area contributed by atoms with Crippen LogP contribution in [0, 0.1) is 0 Å². The molecule has 1 N–H and O–H groups in total. The van der Waals surface area contributed by atoms with Gasteiger partial charge in [0.05, 0.1) is 5.69 Å². The van der Waals surface area contributed by atoms with Gasteiger partial charge in [-0.3, -0.25) is 0 Å². The molecule has 2 aromatic heterocycles. The van der Waals surface area contributed by atoms with Crippen LogP contribution in [0.25, 0.3) is 5.69 Å². The number of benzene rings is 1. The zero-order chi connectivity index (χ0) is 14.7. The van der Waals surface area contributed by atoms with Crippen molar-refractivity contribution in [2.24, 2.45) is 0 Å². The molecule has 0 bridgehead atoms. The van der Waals surface area contributed by atoms with Crippen molar-refractivity contribution in [2.45, 2.75) is 10.8 Å². The number of thiophene rings is 1. The Labute approximate surface area is 126 Å². The Hall–Kier alpha value is -1.96. The van der Waals surface area contributed by atoms with E-state index < -0.39 is 10.0 Å². The lowest BCUT2D eigenvalue weighted by molar-refractivity contribution is 0.583. The topological polar surface area (TPSA) is 64.0 Å². The first-order valence-electron chi connectivity index (χ1n) is 6.27. The second-order valence-corrected chi connectivity index (χ2v) is 7.32. The third-order valence-corrected chi connectivity index (χ3v) is 5.73. The molecular formula is C14H13N3O2S2. The summed E-state index contributed by atoms with van der Waals surface area (Å²) in [5.41, 5.74) is 1.83. The number of nitrogens with one attached hydrogen (secondary N) is 1. The summed E-state index contributed by atoms with van der Waals surface area (Å²) in [6.07, 6.45) is 3.57. The van der Waals surface area contributed by atoms with E-state index in [0.29, 0.717) is 4.21 Å². The molecule has 3 rings (SSSR count). The quantitative estimate of drug-likeness (QED) is 0.785. The summed E-state index contributed by atoms with van der Waals surface area (Å²) in [6.45, 7) is 0.264. The average Bonchev–Trinajstić information content (AvgIpc) is 3.19. The van der Waals surface area contributed by atoms with Crippen molar-refractivity contribution in [1.82, 2.24) is 14.5 Å². The van der Waals surface area contributed by atoms with Gasteiger partial charge in [-0.2, -0.15) is 5.10 Å². The zero-order valence-corrected chi connectivity index (χ0v) is 12.6. The summed E-state index contributed by atoms with van der Waals surface area (Å²) in [7, 11) is -3.42. The Morgan fingerprint density at radius 1 is 1.14 bits per heavy atom. The van der Waals surface area contributed by atoms with Crippen LogP contribution in [0.1, 0.15) is 5.56 Å². The lowest BCUT2D eigenvalue weighted by Gasteiger charge is -2.06. The van der Waals surface area contributed by atoms with Crippen LogP contribution in [0.5, 0.6) is 0 Å². The standard InChI is InChI=1S/C14H13N3O2S2/c18-21(19,14-3-1-10-20-14)16-11-12-4-6-13(7-5-12)17-9-2-8-15-17/h1-10,16H,11H2. The summed E-state index contributed by atoms with van der Waals surface area (Å²) in [5.74, 6) is 0. The van der Waals surface area contributed by atoms with Crippen molar-refractivity contribution < 1.29 is 8.42 Å². The van der Waals surface area contributed by atoms with Crippen LogP contribution in [0.2, 0.25) is 0 Å². The third kappa shape index (κ3) is 3.21. The van der Waals surface area contributed by atoms with Crippen LogP contribution in [-0.4, -0.2) is 18.2 Å². The smallest absolute Gasteiger partial charge is 0.241 e. The van der Waals surface area contributed by atoms with Crippen LogP contribution >= 0.6 is 11.3 Å². The van der Waals surface area contributed by atoms with Crippen LogP contribution in [0.3, 0.4) is 0 Å². The minimum absolute atomic E-state index is 0.264. The Morgan fingerprint density at radius 2 is 1.95 bits per heavy atom. The summed E-state index contributed by atoms with van der Waals surface area (Å²) >= 11 is 1.20. The third-order valence-electron chi connectivity index (χ3n) is 2.93. The van der Waals surface area contributed by atoms with Crippen molar-refractivity contribution in [2.75, 3.05) is 0 Å². The highest BCUT2D eigenvalue weighted by atomic mass is 32.2. The van der Waals surface area contributed by atoms with E-state index in [1.54, 1.807) is 28.4 Å². The molecule has 0 saturated heterocycles. The van der Waals surface area contributed by atoms with Gasteiger partial charge in [0.25, 0.3) is 0 Å². The molecule has 0 amide bonds. The Bertz CT molecular complexity index is 793. The fourth-order valence-electron chi connectivity index (χ4n) is 1.85. The molecule has 7 heteroatoms. The van der Waals surface area contributed by atoms with E-state index in [2.05, 4.69) is 9.82 Å². The van der Waals surface area contributed by atoms with Gasteiger partial charge < -0.3 is 0 Å². The number of aromatic nitrogens is 2. The molecule has 0 aliphatic rings. The predicted molar refractivity (Wildman–Crippen MR) is 81.9 cm³/mol. The number of hydrogen-bond donors (Lipinski definition) is 1. The van der Waals surface area contributed by atoms with E-state index >= 15 is 0 Å². The monoisotopic (exact) mass is 319 g/mol. The van der Waals surface area contributed by atoms with Gasteiger partial charge in [-0.1, -0.05) is 18.2 Å². The first-order valence-corrected chi connectivity index (χ1v) is 8.63. The van der Waals surface area contributed by atoms with E-state index in [4.69, 9.17) is 0 Å². The van der Waals surface area contributed by atoms with Gasteiger partial charge in [-0.25, -0.2) is 17.8 Å². The number of nitrogens with zero attached hydrogens (tertiary/aromatic N) is 2. The minimum atomic E-state index is -3.42. The fourth-order valence-corrected chi connectivity index (χ4v) is 3.91. The average molecular weight is 319 g/mol. The Kier molecular flexibility index (Phi) is 3.87. The highest BCUT2D eigenvalue weighted by molar-refractivity contribution is 7.91. The van der Waals surface area contributed by atoms with Crippen LogP contribution in [0.15, 0.2) is 64.4 Å². The molecule has 0 fully saturated rings. The molecule has 1 aromatic carbocycles. The van der Waals surface area contributed by atoms with E-state index in [-0.39, 0.29) is 6.54 Å². The molecular weight excluding hydrogens is 306 g/mol. The van der Waals surface area contributed by atoms with Gasteiger partial charge >= 0.3 is 0 Å². The van der Waals surface area contributed by atoms with Gasteiger partial charge in [0.15, 0.2) is 0 Å². The maximum atomic E-state index is 12.0. The van der Waals surface area contributed by atoms with Gasteiger partial charge in [-0.15, -0.1) is 11.3 Å². The molecule has 0 aliphatic heterocycles. The van der Waals surface area contributed by atoms with Crippen LogP contribution in [-0.2, 0) is 16.6 Å². The first-order chi connectivity index (χ1) is 10.1. The number of sulfonamides is 1. The summed E-state index contributed by atoms with van der Waals surface area (Å²) in [4.78, 5) is 0. The largest absolute Gasteiger partial charge is 0.250 e. The molecule has 0 saturated carbocycles. The van der Waals surface area contributed by atoms with Gasteiger partial charge in [0.1, 0.15) is 4.21 Å². The second kappa shape index (κ2) is 5.80. The highest BCUT2D eigenvalue weighted by Crippen LogP contribution is 2.16. The van der Waals surface area contributed by atoms with E-state index in [1.165, 1.54) is 11.3 Å². The van der Waals surface area contributed by atoms with Crippen LogP contribution < -0.4 is 4.72 Å². The highest BCUT2D eigenvalue weighted by Gasteiger charge is 2.14. The predicted octanol–water partition coefficient (Wildman–Crippen LogP) is 2.41. The molecule has 0 aliphatic carbocycles. The molecule has 2 heterocycles. The van der Waals surface area contributed by atoms with Crippen molar-refractivity contribution in [3.63, 3.8) is 0 Å². The van der Waals surface area contributed by atoms with E-state index in [0.717, 1.165) is 11.3 Å². The maximum Gasteiger partial charge on any atom is 0.250 e.